The van der Waals surface area contributed by atoms with Gasteiger partial charge in [-0.15, -0.1) is 0 Å². The van der Waals surface area contributed by atoms with E-state index in [1.165, 1.54) is 0 Å². The summed E-state index contributed by atoms with van der Waals surface area (Å²) >= 11 is 1.75. The fourth-order valence-electron chi connectivity index (χ4n) is 6.50. The average Bonchev–Trinajstić information content (AvgIpc) is 3.66. The van der Waals surface area contributed by atoms with E-state index in [4.69, 9.17) is 10.8 Å². The van der Waals surface area contributed by atoms with E-state index in [9.17, 15) is 38.4 Å². The Morgan fingerprint density at radius 2 is 1.38 bits per heavy atom. The third-order valence-corrected chi connectivity index (χ3v) is 11.0. The molecule has 0 bridgehead atoms. The van der Waals surface area contributed by atoms with Gasteiger partial charge in [0.25, 0.3) is 0 Å². The van der Waals surface area contributed by atoms with Crippen LogP contribution in [0.5, 0.6) is 0 Å². The number of carbonyl (C=O) groups is 8. The zero-order chi connectivity index (χ0) is 44.6. The predicted octanol–water partition coefficient (Wildman–Crippen LogP) is 3.93. The highest BCUT2D eigenvalue weighted by atomic mass is 32.2. The minimum Gasteiger partial charge on any atom is -0.481 e. The second kappa shape index (κ2) is 27.2. The number of primary amides is 1. The molecule has 0 aliphatic carbocycles. The van der Waals surface area contributed by atoms with E-state index in [0.717, 1.165) is 29.9 Å². The Balaban J connectivity index is 1.46. The zero-order valence-electron chi connectivity index (χ0n) is 35.1. The van der Waals surface area contributed by atoms with E-state index >= 15 is 0 Å². The van der Waals surface area contributed by atoms with Crippen LogP contribution >= 0.6 is 11.8 Å². The molecule has 0 saturated carbocycles. The lowest BCUT2D eigenvalue weighted by atomic mass is 10.0. The van der Waals surface area contributed by atoms with Crippen molar-refractivity contribution in [3.8, 4) is 0 Å². The molecule has 1 aliphatic rings. The minimum atomic E-state index is -0.980. The van der Waals surface area contributed by atoms with Crippen molar-refractivity contribution in [1.82, 2.24) is 26.6 Å². The molecule has 1 saturated heterocycles. The normalized spacial score (nSPS) is 14.8. The molecule has 18 heteroatoms. The molecule has 17 nitrogen and oxygen atoms in total. The molecule has 2 aromatic rings. The van der Waals surface area contributed by atoms with Gasteiger partial charge in [0.05, 0.1) is 0 Å². The van der Waals surface area contributed by atoms with Crippen LogP contribution in [0.2, 0.25) is 0 Å². The van der Waals surface area contributed by atoms with Crippen LogP contribution in [0, 0.1) is 5.92 Å². The van der Waals surface area contributed by atoms with Gasteiger partial charge in [0, 0.05) is 42.9 Å². The second-order valence-electron chi connectivity index (χ2n) is 15.4. The number of anilines is 2. The van der Waals surface area contributed by atoms with Crippen molar-refractivity contribution in [2.24, 2.45) is 11.7 Å². The van der Waals surface area contributed by atoms with Gasteiger partial charge in [-0.25, -0.2) is 4.79 Å². The number of para-hydroxylation sites is 1. The number of thioether (sulfide) groups is 1. The monoisotopic (exact) mass is 866 g/mol. The number of carboxylic acids is 1. The molecule has 0 aromatic heterocycles. The fraction of sp³-hybridized carbons (Fsp3) is 0.535. The van der Waals surface area contributed by atoms with Crippen molar-refractivity contribution in [2.45, 2.75) is 127 Å². The first-order chi connectivity index (χ1) is 29.2. The highest BCUT2D eigenvalue weighted by Crippen LogP contribution is 2.19. The van der Waals surface area contributed by atoms with Crippen molar-refractivity contribution in [3.05, 3.63) is 60.2 Å². The van der Waals surface area contributed by atoms with Gasteiger partial charge in [-0.1, -0.05) is 63.4 Å². The zero-order valence-corrected chi connectivity index (χ0v) is 35.9. The molecule has 1 heterocycles. The molecule has 8 amide bonds. The molecule has 2 aromatic carbocycles. The lowest BCUT2D eigenvalue weighted by molar-refractivity contribution is -0.137. The summed E-state index contributed by atoms with van der Waals surface area (Å²) in [7, 11) is 0. The molecule has 0 spiro atoms. The molecular weight excluding hydrogens is 805 g/mol. The summed E-state index contributed by atoms with van der Waals surface area (Å²) in [6, 6.07) is 12.4. The molecule has 1 fully saturated rings. The van der Waals surface area contributed by atoms with Crippen molar-refractivity contribution in [2.75, 3.05) is 22.9 Å². The van der Waals surface area contributed by atoms with Gasteiger partial charge in [0.15, 0.2) is 0 Å². The largest absolute Gasteiger partial charge is 0.481 e. The molecular formula is C43H62N8O9S. The molecule has 4 atom stereocenters. The van der Waals surface area contributed by atoms with E-state index in [1.807, 2.05) is 30.3 Å². The SMILES string of the molecule is CC(C)C(NC(=O)CCCCCC(=O)O)C(=O)NC(CCCNC(N)=O)C(=O)Nc1ccc(CSCCCCCC(NC(=O)[C@H]2CCC(=O)N2)C(=O)Nc2ccccc2)cc1. The van der Waals surface area contributed by atoms with Crippen LogP contribution in [0.15, 0.2) is 54.6 Å². The Hall–Kier alpha value is -5.65. The van der Waals surface area contributed by atoms with E-state index < -0.39 is 48.0 Å². The van der Waals surface area contributed by atoms with Crippen LogP contribution in [0.25, 0.3) is 0 Å². The van der Waals surface area contributed by atoms with Crippen molar-refractivity contribution in [3.63, 3.8) is 0 Å². The Kier molecular flexibility index (Phi) is 22.2. The number of aliphatic carboxylic acids is 1. The van der Waals surface area contributed by atoms with Crippen LogP contribution in [0.4, 0.5) is 16.2 Å². The first-order valence-electron chi connectivity index (χ1n) is 21.0. The Bertz CT molecular complexity index is 1760. The third-order valence-electron chi connectivity index (χ3n) is 9.92. The number of nitrogens with one attached hydrogen (secondary N) is 7. The predicted molar refractivity (Wildman–Crippen MR) is 234 cm³/mol. The second-order valence-corrected chi connectivity index (χ2v) is 16.5. The molecule has 3 unspecified atom stereocenters. The summed E-state index contributed by atoms with van der Waals surface area (Å²) in [5, 5.41) is 28.0. The molecule has 334 valence electrons. The van der Waals surface area contributed by atoms with Crippen molar-refractivity contribution < 1.29 is 43.5 Å². The molecule has 0 radical (unpaired) electrons. The smallest absolute Gasteiger partial charge is 0.312 e. The van der Waals surface area contributed by atoms with Crippen LogP contribution < -0.4 is 43.0 Å². The first-order valence-corrected chi connectivity index (χ1v) is 22.1. The third kappa shape index (κ3) is 20.0. The fourth-order valence-corrected chi connectivity index (χ4v) is 7.48. The molecule has 10 N–H and O–H groups in total. The number of carbonyl (C=O) groups excluding carboxylic acids is 7. The average molecular weight is 867 g/mol. The number of benzene rings is 2. The highest BCUT2D eigenvalue weighted by Gasteiger charge is 2.31. The lowest BCUT2D eigenvalue weighted by Gasteiger charge is -2.25. The Morgan fingerprint density at radius 3 is 2.00 bits per heavy atom. The number of hydrogen-bond acceptors (Lipinski definition) is 9. The summed E-state index contributed by atoms with van der Waals surface area (Å²) in [5.41, 5.74) is 7.38. The maximum Gasteiger partial charge on any atom is 0.312 e. The number of urea groups is 1. The maximum absolute atomic E-state index is 13.5. The van der Waals surface area contributed by atoms with E-state index in [1.54, 1.807) is 49.9 Å². The molecule has 61 heavy (non-hydrogen) atoms. The molecule has 1 aliphatic heterocycles. The van der Waals surface area contributed by atoms with Gasteiger partial charge in [-0.3, -0.25) is 33.6 Å². The summed E-state index contributed by atoms with van der Waals surface area (Å²) in [6.45, 7) is 3.75. The van der Waals surface area contributed by atoms with Crippen molar-refractivity contribution in [1.29, 1.82) is 0 Å². The Morgan fingerprint density at radius 1 is 0.754 bits per heavy atom. The molecule has 3 rings (SSSR count). The van der Waals surface area contributed by atoms with E-state index in [0.29, 0.717) is 56.3 Å². The summed E-state index contributed by atoms with van der Waals surface area (Å²) in [6.07, 6.45) is 5.79. The van der Waals surface area contributed by atoms with E-state index in [2.05, 4.69) is 37.2 Å². The van der Waals surface area contributed by atoms with Gasteiger partial charge in [0.1, 0.15) is 24.2 Å². The highest BCUT2D eigenvalue weighted by molar-refractivity contribution is 7.98. The van der Waals surface area contributed by atoms with Crippen LogP contribution in [-0.2, 0) is 39.3 Å². The lowest BCUT2D eigenvalue weighted by Crippen LogP contribution is -2.54. The number of rotatable bonds is 28. The minimum absolute atomic E-state index is 0.0283. The summed E-state index contributed by atoms with van der Waals surface area (Å²) < 4.78 is 0. The summed E-state index contributed by atoms with van der Waals surface area (Å²) in [4.78, 5) is 99.0. The number of carboxylic acid groups (broad SMARTS) is 1. The number of amides is 8. The summed E-state index contributed by atoms with van der Waals surface area (Å²) in [5.74, 6) is -1.77. The Labute approximate surface area is 361 Å². The van der Waals surface area contributed by atoms with Crippen LogP contribution in [0.1, 0.15) is 103 Å². The number of hydrogen-bond donors (Lipinski definition) is 9. The van der Waals surface area contributed by atoms with Gasteiger partial charge in [-0.2, -0.15) is 11.8 Å². The quantitative estimate of drug-likeness (QED) is 0.0557. The van der Waals surface area contributed by atoms with Gasteiger partial charge < -0.3 is 48.1 Å². The van der Waals surface area contributed by atoms with Gasteiger partial charge in [-0.05, 0) is 86.4 Å². The maximum atomic E-state index is 13.5. The first kappa shape index (κ1) is 49.7. The van der Waals surface area contributed by atoms with Gasteiger partial charge >= 0.3 is 12.0 Å². The van der Waals surface area contributed by atoms with E-state index in [-0.39, 0.29) is 61.8 Å². The van der Waals surface area contributed by atoms with Crippen molar-refractivity contribution >= 4 is 70.6 Å². The van der Waals surface area contributed by atoms with Gasteiger partial charge in [0.2, 0.25) is 35.4 Å². The topological polar surface area (TPSA) is 267 Å². The standard InChI is InChI=1S/C43H62N8O9S/c1-28(2)38(51-35(52)17-9-4-10-18-37(54)55)42(59)50-33(16-12-25-45-43(44)60)40(57)47-31-21-19-29(20-22-31)27-61-26-11-5-8-15-32(39(56)46-30-13-6-3-7-14-30)49-41(58)34-23-24-36(53)48-34/h3,6-7,13-14,19-22,28,32-34,38H,4-5,8-12,15-18,23-27H2,1-2H3,(H,46,56)(H,47,57)(H,48,53)(H,49,58)(H,50,59)(H,51,52)(H,54,55)(H3,44,45,60)/t32?,33?,34-,38?/m1/s1. The number of nitrogens with two attached hydrogens (primary N) is 1. The van der Waals surface area contributed by atoms with Crippen LogP contribution in [0.3, 0.4) is 0 Å². The van der Waals surface area contributed by atoms with Crippen LogP contribution in [-0.4, -0.2) is 89.0 Å². The number of unbranched alkanes of at least 4 members (excludes halogenated alkanes) is 4.